The number of nitrogens with two attached hydrogens (primary N) is 1. The standard InChI is InChI=1S/C45H51N7O8/c1-5-29-31-19-28(11-12-36(31)48-40-33(29)23-51-37(40)21-35-34(42(51)55)24-60-43(56)45(35,58)6-2)59-18-17-49-13-15-50(16-14-49)26-7-9-27(10-8-26)52(44(47)57)41(46)32-20-30(25(3)4)38(53)22-39(32)54/h7-12,19-22,25,40,46,48,53-54,58H,5-6,13-18,23-24H2,1-4H3,(H2,47,57). The van der Waals surface area contributed by atoms with Gasteiger partial charge >= 0.3 is 12.0 Å². The number of esters is 1. The zero-order valence-electron chi connectivity index (χ0n) is 34.2. The van der Waals surface area contributed by atoms with Crippen LogP contribution in [0.5, 0.6) is 17.2 Å². The maximum atomic E-state index is 13.7. The third-order valence-corrected chi connectivity index (χ3v) is 12.4. The van der Waals surface area contributed by atoms with E-state index in [2.05, 4.69) is 28.1 Å². The molecule has 15 heteroatoms. The molecule has 314 valence electrons. The van der Waals surface area contributed by atoms with E-state index in [-0.39, 0.29) is 53.4 Å². The van der Waals surface area contributed by atoms with Crippen LogP contribution in [0.3, 0.4) is 0 Å². The van der Waals surface area contributed by atoms with Gasteiger partial charge in [0.15, 0.2) is 5.60 Å². The number of primary amides is 1. The number of amidine groups is 1. The molecule has 1 fully saturated rings. The number of hydrogen-bond donors (Lipinski definition) is 6. The molecule has 15 nitrogen and oxygen atoms in total. The van der Waals surface area contributed by atoms with Crippen LogP contribution in [0.25, 0.3) is 5.57 Å². The van der Waals surface area contributed by atoms with Gasteiger partial charge in [-0.2, -0.15) is 0 Å². The van der Waals surface area contributed by atoms with Gasteiger partial charge in [-0.15, -0.1) is 0 Å². The highest BCUT2D eigenvalue weighted by Crippen LogP contribution is 2.47. The summed E-state index contributed by atoms with van der Waals surface area (Å²) in [5.74, 6) is -0.753. The van der Waals surface area contributed by atoms with Gasteiger partial charge in [-0.3, -0.25) is 15.1 Å². The van der Waals surface area contributed by atoms with Crippen molar-refractivity contribution in [3.63, 3.8) is 0 Å². The number of aliphatic hydroxyl groups is 1. The summed E-state index contributed by atoms with van der Waals surface area (Å²) in [6.45, 7) is 12.3. The van der Waals surface area contributed by atoms with Crippen LogP contribution in [0, 0.1) is 5.41 Å². The molecule has 4 aromatic rings. The SMILES string of the molecule is CCC1=C2Cn3c(cc4c(c3=O)COC(=O)C4(O)CC)C2Nc2ccc(OCCN3CCN(c4ccc(N(C(=N)c5cc(C(C)C)c(O)cc5O)C(N)=O)cc4)CC3)cc21. The average molecular weight is 818 g/mol. The first-order valence-electron chi connectivity index (χ1n) is 20.5. The number of anilines is 3. The monoisotopic (exact) mass is 817 g/mol. The van der Waals surface area contributed by atoms with Gasteiger partial charge in [0, 0.05) is 73.5 Å². The number of pyridine rings is 1. The van der Waals surface area contributed by atoms with Crippen LogP contribution in [0.1, 0.15) is 86.0 Å². The van der Waals surface area contributed by atoms with Crippen molar-refractivity contribution in [1.29, 1.82) is 5.41 Å². The molecular formula is C45H51N7O8. The average Bonchev–Trinajstić information content (AvgIpc) is 3.60. The maximum absolute atomic E-state index is 13.7. The summed E-state index contributed by atoms with van der Waals surface area (Å²) >= 11 is 0. The molecule has 4 aliphatic heterocycles. The Morgan fingerprint density at radius 3 is 2.43 bits per heavy atom. The maximum Gasteiger partial charge on any atom is 0.343 e. The van der Waals surface area contributed by atoms with Crippen LogP contribution >= 0.6 is 0 Å². The molecule has 5 heterocycles. The van der Waals surface area contributed by atoms with Gasteiger partial charge in [-0.25, -0.2) is 14.5 Å². The highest BCUT2D eigenvalue weighted by molar-refractivity contribution is 6.22. The lowest BCUT2D eigenvalue weighted by Gasteiger charge is -2.36. The summed E-state index contributed by atoms with van der Waals surface area (Å²) < 4.78 is 13.3. The Bertz CT molecular complexity index is 2490. The molecule has 2 unspecified atom stereocenters. The van der Waals surface area contributed by atoms with Crippen LogP contribution in [-0.2, 0) is 28.3 Å². The topological polar surface area (TPSA) is 207 Å². The van der Waals surface area contributed by atoms with E-state index in [1.807, 2.05) is 38.1 Å². The molecule has 0 radical (unpaired) electrons. The molecule has 7 N–H and O–H groups in total. The van der Waals surface area contributed by atoms with E-state index in [4.69, 9.17) is 20.6 Å². The van der Waals surface area contributed by atoms with E-state index in [1.54, 1.807) is 29.7 Å². The predicted octanol–water partition coefficient (Wildman–Crippen LogP) is 5.49. The Morgan fingerprint density at radius 2 is 1.77 bits per heavy atom. The van der Waals surface area contributed by atoms with Gasteiger partial charge in [0.25, 0.3) is 5.56 Å². The highest BCUT2D eigenvalue weighted by atomic mass is 16.6. The summed E-state index contributed by atoms with van der Waals surface area (Å²) in [5, 5.41) is 44.5. The molecule has 4 aliphatic rings. The second-order valence-corrected chi connectivity index (χ2v) is 16.1. The number of ether oxygens (including phenoxy) is 2. The summed E-state index contributed by atoms with van der Waals surface area (Å²) in [6.07, 6.45) is 0.850. The first-order valence-corrected chi connectivity index (χ1v) is 20.5. The number of allylic oxidation sites excluding steroid dienone is 1. The van der Waals surface area contributed by atoms with Gasteiger partial charge in [0.1, 0.15) is 36.3 Å². The smallest absolute Gasteiger partial charge is 0.343 e. The largest absolute Gasteiger partial charge is 0.508 e. The normalized spacial score (nSPS) is 19.5. The fourth-order valence-corrected chi connectivity index (χ4v) is 8.99. The second-order valence-electron chi connectivity index (χ2n) is 16.1. The zero-order valence-corrected chi connectivity index (χ0v) is 34.2. The Hall–Kier alpha value is -6.32. The molecule has 0 saturated carbocycles. The van der Waals surface area contributed by atoms with Crippen LogP contribution in [0.4, 0.5) is 21.9 Å². The van der Waals surface area contributed by atoms with E-state index in [0.717, 1.165) is 83.6 Å². The van der Waals surface area contributed by atoms with Gasteiger partial charge in [-0.1, -0.05) is 27.7 Å². The number of cyclic esters (lactones) is 1. The van der Waals surface area contributed by atoms with Crippen molar-refractivity contribution in [2.45, 2.75) is 71.2 Å². The van der Waals surface area contributed by atoms with E-state index in [0.29, 0.717) is 35.5 Å². The minimum absolute atomic E-state index is 0.0753. The molecule has 8 rings (SSSR count). The lowest BCUT2D eigenvalue weighted by Crippen LogP contribution is -2.47. The molecule has 0 bridgehead atoms. The van der Waals surface area contributed by atoms with Crippen molar-refractivity contribution in [2.24, 2.45) is 5.73 Å². The lowest BCUT2D eigenvalue weighted by atomic mass is 9.84. The van der Waals surface area contributed by atoms with Crippen LogP contribution in [-0.4, -0.2) is 82.0 Å². The number of urea groups is 1. The number of fused-ring (bicyclic) bond motifs is 5. The van der Waals surface area contributed by atoms with Crippen molar-refractivity contribution >= 4 is 40.5 Å². The molecule has 60 heavy (non-hydrogen) atoms. The first-order chi connectivity index (χ1) is 28.7. The van der Waals surface area contributed by atoms with Crippen molar-refractivity contribution in [3.8, 4) is 17.2 Å². The number of rotatable bonds is 10. The lowest BCUT2D eigenvalue weighted by molar-refractivity contribution is -0.172. The Kier molecular flexibility index (Phi) is 10.6. The molecule has 3 aromatic carbocycles. The van der Waals surface area contributed by atoms with Gasteiger partial charge in [0.2, 0.25) is 0 Å². The van der Waals surface area contributed by atoms with E-state index in [1.165, 1.54) is 12.1 Å². The molecule has 2 amide bonds. The molecule has 0 aliphatic carbocycles. The number of amides is 2. The van der Waals surface area contributed by atoms with Gasteiger partial charge in [-0.05, 0) is 90.1 Å². The molecule has 1 saturated heterocycles. The third-order valence-electron chi connectivity index (χ3n) is 12.4. The van der Waals surface area contributed by atoms with Gasteiger partial charge in [0.05, 0.1) is 22.9 Å². The van der Waals surface area contributed by atoms with Crippen molar-refractivity contribution in [3.05, 3.63) is 110 Å². The van der Waals surface area contributed by atoms with Crippen molar-refractivity contribution in [1.82, 2.24) is 9.47 Å². The highest BCUT2D eigenvalue weighted by Gasteiger charge is 2.46. The van der Waals surface area contributed by atoms with E-state index < -0.39 is 17.6 Å². The van der Waals surface area contributed by atoms with Crippen LogP contribution in [0.15, 0.2) is 71.0 Å². The number of carbonyl (C=O) groups excluding carboxylic acids is 2. The number of nitrogens with zero attached hydrogens (tertiary/aromatic N) is 4. The second kappa shape index (κ2) is 15.7. The fraction of sp³-hybridized carbons (Fsp3) is 0.378. The summed E-state index contributed by atoms with van der Waals surface area (Å²) in [5.41, 5.74) is 11.2. The number of benzene rings is 3. The summed E-state index contributed by atoms with van der Waals surface area (Å²) in [6, 6.07) is 16.6. The van der Waals surface area contributed by atoms with Crippen molar-refractivity contribution in [2.75, 3.05) is 54.4 Å². The minimum Gasteiger partial charge on any atom is -0.508 e. The summed E-state index contributed by atoms with van der Waals surface area (Å²) in [7, 11) is 0. The van der Waals surface area contributed by atoms with E-state index in [9.17, 15) is 29.7 Å². The Balaban J connectivity index is 0.886. The van der Waals surface area contributed by atoms with Crippen molar-refractivity contribution < 1.29 is 34.4 Å². The number of nitrogens with one attached hydrogen (secondary N) is 2. The number of carbonyl (C=O) groups is 2. The molecule has 0 spiro atoms. The summed E-state index contributed by atoms with van der Waals surface area (Å²) in [4.78, 5) is 44.5. The van der Waals surface area contributed by atoms with Gasteiger partial charge < -0.3 is 45.3 Å². The molecule has 1 aromatic heterocycles. The van der Waals surface area contributed by atoms with Crippen LogP contribution < -0.4 is 31.1 Å². The zero-order chi connectivity index (χ0) is 42.6. The number of phenolic OH excluding ortho intramolecular Hbond substituents is 2. The molecular weight excluding hydrogens is 767 g/mol. The van der Waals surface area contributed by atoms with E-state index >= 15 is 0 Å². The predicted molar refractivity (Wildman–Crippen MR) is 228 cm³/mol. The number of piperazine rings is 1. The van der Waals surface area contributed by atoms with Crippen LogP contribution in [0.2, 0.25) is 0 Å². The Morgan fingerprint density at radius 1 is 1.03 bits per heavy atom. The third kappa shape index (κ3) is 6.90. The minimum atomic E-state index is -1.85. The molecule has 2 atom stereocenters. The number of hydrogen-bond acceptors (Lipinski definition) is 12. The number of phenols is 2. The quantitative estimate of drug-likeness (QED) is 0.0670. The number of aromatic nitrogens is 1. The number of aromatic hydroxyl groups is 2. The fourth-order valence-electron chi connectivity index (χ4n) is 8.99. The first kappa shape index (κ1) is 40.5. The Labute approximate surface area is 347 Å².